The predicted octanol–water partition coefficient (Wildman–Crippen LogP) is 3.92. The third kappa shape index (κ3) is 5.25. The van der Waals surface area contributed by atoms with E-state index in [4.69, 9.17) is 0 Å². The Hall–Kier alpha value is -4.43. The molecule has 0 saturated heterocycles. The molecule has 5 nitrogen and oxygen atoms in total. The largest absolute Gasteiger partial charge is 0.324 e. The molecular formula is C28H22N2O3. The van der Waals surface area contributed by atoms with Crippen molar-refractivity contribution in [2.75, 3.05) is 13.1 Å². The topological polar surface area (TPSA) is 57.7 Å². The lowest BCUT2D eigenvalue weighted by Gasteiger charge is -2.19. The fourth-order valence-electron chi connectivity index (χ4n) is 3.54. The van der Waals surface area contributed by atoms with Crippen LogP contribution in [0.5, 0.6) is 0 Å². The van der Waals surface area contributed by atoms with Crippen molar-refractivity contribution in [1.29, 1.82) is 0 Å². The molecule has 162 valence electrons. The van der Waals surface area contributed by atoms with Gasteiger partial charge in [0.05, 0.1) is 11.1 Å². The highest BCUT2D eigenvalue weighted by Gasteiger charge is 2.34. The van der Waals surface area contributed by atoms with E-state index in [1.54, 1.807) is 41.3 Å². The van der Waals surface area contributed by atoms with Crippen LogP contribution in [0.4, 0.5) is 0 Å². The third-order valence-corrected chi connectivity index (χ3v) is 5.25. The summed E-state index contributed by atoms with van der Waals surface area (Å²) in [7, 11) is 0. The van der Waals surface area contributed by atoms with E-state index in [2.05, 4.69) is 11.8 Å². The van der Waals surface area contributed by atoms with Crippen molar-refractivity contribution in [2.24, 2.45) is 0 Å². The van der Waals surface area contributed by atoms with Crippen molar-refractivity contribution in [3.8, 4) is 11.8 Å². The fourth-order valence-corrected chi connectivity index (χ4v) is 3.54. The molecule has 1 heterocycles. The Morgan fingerprint density at radius 2 is 1.36 bits per heavy atom. The van der Waals surface area contributed by atoms with E-state index in [9.17, 15) is 14.4 Å². The predicted molar refractivity (Wildman–Crippen MR) is 126 cm³/mol. The van der Waals surface area contributed by atoms with Gasteiger partial charge in [0, 0.05) is 31.1 Å². The molecule has 0 bridgehead atoms. The second-order valence-electron chi connectivity index (χ2n) is 7.53. The lowest BCUT2D eigenvalue weighted by Crippen LogP contribution is -2.31. The summed E-state index contributed by atoms with van der Waals surface area (Å²) in [6.07, 6.45) is 3.52. The number of nitrogens with zero attached hydrogens (tertiary/aromatic N) is 2. The quantitative estimate of drug-likeness (QED) is 0.336. The summed E-state index contributed by atoms with van der Waals surface area (Å²) in [4.78, 5) is 40.6. The molecule has 4 rings (SSSR count). The first-order valence-corrected chi connectivity index (χ1v) is 10.6. The molecule has 3 amide bonds. The molecule has 0 aromatic heterocycles. The first kappa shape index (κ1) is 21.8. The number of hydrogen-bond acceptors (Lipinski definition) is 3. The summed E-state index contributed by atoms with van der Waals surface area (Å²) in [5, 5.41) is 0. The first-order valence-electron chi connectivity index (χ1n) is 10.6. The maximum atomic E-state index is 12.8. The van der Waals surface area contributed by atoms with E-state index >= 15 is 0 Å². The highest BCUT2D eigenvalue weighted by molar-refractivity contribution is 6.21. The van der Waals surface area contributed by atoms with Crippen molar-refractivity contribution in [3.05, 3.63) is 119 Å². The maximum absolute atomic E-state index is 12.8. The van der Waals surface area contributed by atoms with E-state index in [1.165, 1.54) is 4.90 Å². The van der Waals surface area contributed by atoms with Crippen LogP contribution in [0.3, 0.4) is 0 Å². The van der Waals surface area contributed by atoms with Crippen molar-refractivity contribution in [3.63, 3.8) is 0 Å². The normalized spacial score (nSPS) is 12.4. The molecule has 0 saturated carbocycles. The lowest BCUT2D eigenvalue weighted by atomic mass is 10.1. The van der Waals surface area contributed by atoms with E-state index in [-0.39, 0.29) is 24.3 Å². The number of hydrogen-bond donors (Lipinski definition) is 0. The van der Waals surface area contributed by atoms with Crippen LogP contribution in [0.15, 0.2) is 97.1 Å². The Morgan fingerprint density at radius 3 is 2.00 bits per heavy atom. The highest BCUT2D eigenvalue weighted by Crippen LogP contribution is 2.22. The zero-order valence-electron chi connectivity index (χ0n) is 18.0. The Morgan fingerprint density at radius 1 is 0.788 bits per heavy atom. The Kier molecular flexibility index (Phi) is 6.77. The average Bonchev–Trinajstić information content (AvgIpc) is 3.10. The number of carbonyl (C=O) groups is 3. The molecule has 0 spiro atoms. The zero-order chi connectivity index (χ0) is 23.0. The fraction of sp³-hybridized carbons (Fsp3) is 0.107. The first-order chi connectivity index (χ1) is 16.1. The van der Waals surface area contributed by atoms with Crippen LogP contribution in [0, 0.1) is 11.8 Å². The van der Waals surface area contributed by atoms with Gasteiger partial charge in [-0.15, -0.1) is 0 Å². The van der Waals surface area contributed by atoms with Crippen LogP contribution in [0.1, 0.15) is 31.8 Å². The second kappa shape index (κ2) is 10.3. The minimum atomic E-state index is -0.300. The van der Waals surface area contributed by atoms with Crippen LogP contribution >= 0.6 is 0 Å². The number of fused-ring (bicyclic) bond motifs is 1. The van der Waals surface area contributed by atoms with Gasteiger partial charge in [-0.3, -0.25) is 19.3 Å². The highest BCUT2D eigenvalue weighted by atomic mass is 16.2. The molecule has 1 aliphatic rings. The van der Waals surface area contributed by atoms with Gasteiger partial charge in [0.25, 0.3) is 17.7 Å². The summed E-state index contributed by atoms with van der Waals surface area (Å²) in [5.74, 6) is 4.72. The summed E-state index contributed by atoms with van der Waals surface area (Å²) < 4.78 is 0. The Balaban J connectivity index is 1.43. The standard InChI is InChI=1S/C28H22N2O3/c31-26(18-17-22-11-3-1-4-12-22)29(21-23-13-5-2-6-14-23)19-9-10-20-30-27(32)24-15-7-8-16-25(24)28(30)33/h1-16H,19-21H2/b10-9-. The van der Waals surface area contributed by atoms with E-state index in [1.807, 2.05) is 60.7 Å². The van der Waals surface area contributed by atoms with Gasteiger partial charge in [0.2, 0.25) is 0 Å². The molecule has 0 fully saturated rings. The summed E-state index contributed by atoms with van der Waals surface area (Å²) in [6.45, 7) is 0.857. The smallest absolute Gasteiger partial charge is 0.299 e. The molecule has 1 aliphatic heterocycles. The number of rotatable bonds is 6. The van der Waals surface area contributed by atoms with Gasteiger partial charge in [-0.2, -0.15) is 0 Å². The van der Waals surface area contributed by atoms with Gasteiger partial charge in [0.1, 0.15) is 0 Å². The molecule has 33 heavy (non-hydrogen) atoms. The minimum Gasteiger partial charge on any atom is -0.324 e. The van der Waals surface area contributed by atoms with Crippen molar-refractivity contribution < 1.29 is 14.4 Å². The van der Waals surface area contributed by atoms with Gasteiger partial charge in [-0.05, 0) is 29.8 Å². The van der Waals surface area contributed by atoms with E-state index in [0.29, 0.717) is 24.2 Å². The molecule has 0 unspecified atom stereocenters. The van der Waals surface area contributed by atoms with E-state index in [0.717, 1.165) is 11.1 Å². The monoisotopic (exact) mass is 434 g/mol. The summed E-state index contributed by atoms with van der Waals surface area (Å²) in [5.41, 5.74) is 2.61. The van der Waals surface area contributed by atoms with Crippen LogP contribution in [0.2, 0.25) is 0 Å². The zero-order valence-corrected chi connectivity index (χ0v) is 18.0. The minimum absolute atomic E-state index is 0.148. The molecule has 5 heteroatoms. The van der Waals surface area contributed by atoms with Gasteiger partial charge in [-0.25, -0.2) is 0 Å². The van der Waals surface area contributed by atoms with Crippen LogP contribution in [0.25, 0.3) is 0 Å². The SMILES string of the molecule is O=C(C#Cc1ccccc1)N(C/C=C\CN1C(=O)c2ccccc2C1=O)Cc1ccccc1. The molecule has 0 atom stereocenters. The Bertz CT molecular complexity index is 1220. The van der Waals surface area contributed by atoms with Crippen molar-refractivity contribution in [1.82, 2.24) is 9.80 Å². The summed E-state index contributed by atoms with van der Waals surface area (Å²) >= 11 is 0. The molecule has 0 radical (unpaired) electrons. The number of benzene rings is 3. The lowest BCUT2D eigenvalue weighted by molar-refractivity contribution is -0.125. The number of carbonyl (C=O) groups excluding carboxylic acids is 3. The van der Waals surface area contributed by atoms with E-state index < -0.39 is 0 Å². The van der Waals surface area contributed by atoms with Gasteiger partial charge < -0.3 is 4.90 Å². The van der Waals surface area contributed by atoms with Crippen LogP contribution in [-0.4, -0.2) is 40.6 Å². The molecule has 3 aromatic carbocycles. The number of amides is 3. The van der Waals surface area contributed by atoms with Gasteiger partial charge >= 0.3 is 0 Å². The summed E-state index contributed by atoms with van der Waals surface area (Å²) in [6, 6.07) is 25.8. The average molecular weight is 434 g/mol. The van der Waals surface area contributed by atoms with Gasteiger partial charge in [-0.1, -0.05) is 78.7 Å². The Labute approximate surface area is 193 Å². The van der Waals surface area contributed by atoms with Crippen LogP contribution in [-0.2, 0) is 11.3 Å². The second-order valence-corrected chi connectivity index (χ2v) is 7.53. The van der Waals surface area contributed by atoms with Gasteiger partial charge in [0.15, 0.2) is 0 Å². The third-order valence-electron chi connectivity index (χ3n) is 5.25. The van der Waals surface area contributed by atoms with Crippen molar-refractivity contribution in [2.45, 2.75) is 6.54 Å². The molecule has 0 N–H and O–H groups in total. The molecule has 0 aliphatic carbocycles. The van der Waals surface area contributed by atoms with Crippen molar-refractivity contribution >= 4 is 17.7 Å². The van der Waals surface area contributed by atoms with Crippen LogP contribution < -0.4 is 0 Å². The maximum Gasteiger partial charge on any atom is 0.299 e. The molecule has 3 aromatic rings. The number of imide groups is 1. The molecular weight excluding hydrogens is 412 g/mol.